The Morgan fingerprint density at radius 2 is 1.21 bits per heavy atom. The number of benzene rings is 3. The summed E-state index contributed by atoms with van der Waals surface area (Å²) in [7, 11) is 0. The van der Waals surface area contributed by atoms with Gasteiger partial charge in [-0.1, -0.05) is 43.9 Å². The number of aliphatic imine (C=N–C) groups is 2. The highest BCUT2D eigenvalue weighted by Crippen LogP contribution is 2.37. The topological polar surface area (TPSA) is 133 Å². The lowest BCUT2D eigenvalue weighted by atomic mass is 10.1. The number of esters is 2. The van der Waals surface area contributed by atoms with Crippen LogP contribution in [0.15, 0.2) is 76.7 Å². The molecule has 4 N–H and O–H groups in total. The molecule has 9 rings (SSSR count). The molecule has 0 amide bonds. The summed E-state index contributed by atoms with van der Waals surface area (Å²) in [6.07, 6.45) is 11.2. The smallest absolute Gasteiger partial charge is 0.313 e. The van der Waals surface area contributed by atoms with E-state index >= 15 is 0 Å². The minimum atomic E-state index is -0.492. The number of hydrogen-bond donors (Lipinski definition) is 4. The molecule has 57 heavy (non-hydrogen) atoms. The average molecular weight is 803 g/mol. The fourth-order valence-electron chi connectivity index (χ4n) is 8.55. The third-order valence-electron chi connectivity index (χ3n) is 11.5. The van der Waals surface area contributed by atoms with Crippen LogP contribution in [0.25, 0.3) is 21.8 Å². The van der Waals surface area contributed by atoms with Crippen molar-refractivity contribution in [2.75, 3.05) is 22.1 Å². The van der Waals surface area contributed by atoms with Gasteiger partial charge in [-0.3, -0.25) is 19.6 Å². The number of rotatable bonds is 14. The van der Waals surface area contributed by atoms with Crippen molar-refractivity contribution < 1.29 is 19.1 Å². The first kappa shape index (κ1) is 37.9. The van der Waals surface area contributed by atoms with E-state index in [0.717, 1.165) is 85.1 Å². The zero-order chi connectivity index (χ0) is 38.7. The molecule has 3 aromatic carbocycles. The van der Waals surface area contributed by atoms with Gasteiger partial charge < -0.3 is 30.1 Å². The summed E-state index contributed by atoms with van der Waals surface area (Å²) in [5.74, 6) is 2.18. The summed E-state index contributed by atoms with van der Waals surface area (Å²) in [6.45, 7) is 2.14. The maximum atomic E-state index is 12.7. The Kier molecular flexibility index (Phi) is 11.3. The lowest BCUT2D eigenvalue weighted by Crippen LogP contribution is -2.16. The minimum Gasteiger partial charge on any atom is -0.457 e. The molecule has 2 fully saturated rings. The van der Waals surface area contributed by atoms with Gasteiger partial charge >= 0.3 is 11.9 Å². The van der Waals surface area contributed by atoms with Gasteiger partial charge in [-0.2, -0.15) is 0 Å². The first-order valence-electron chi connectivity index (χ1n) is 20.6. The Morgan fingerprint density at radius 1 is 0.684 bits per heavy atom. The maximum Gasteiger partial charge on any atom is 0.313 e. The van der Waals surface area contributed by atoms with Crippen molar-refractivity contribution in [3.05, 3.63) is 83.7 Å². The number of hydrogen-bond acceptors (Lipinski definition) is 10. The van der Waals surface area contributed by atoms with Gasteiger partial charge in [-0.05, 0) is 93.5 Å². The Balaban J connectivity index is 0.773. The predicted octanol–water partition coefficient (Wildman–Crippen LogP) is 10.5. The van der Waals surface area contributed by atoms with Crippen LogP contribution in [0.2, 0.25) is 0 Å². The molecular formula is C45H50N6O4S2. The van der Waals surface area contributed by atoms with E-state index in [4.69, 9.17) is 19.5 Å². The zero-order valence-corrected chi connectivity index (χ0v) is 34.0. The molecule has 12 heteroatoms. The Morgan fingerprint density at radius 3 is 1.77 bits per heavy atom. The molecule has 4 heterocycles. The summed E-state index contributed by atoms with van der Waals surface area (Å²) >= 11 is 3.40. The number of aryl methyl sites for hydroxylation is 1. The molecule has 0 spiro atoms. The van der Waals surface area contributed by atoms with Crippen LogP contribution in [0.4, 0.5) is 11.4 Å². The number of nitrogens with one attached hydrogen (secondary N) is 4. The largest absolute Gasteiger partial charge is 0.457 e. The molecule has 2 saturated carbocycles. The van der Waals surface area contributed by atoms with Gasteiger partial charge in [0.05, 0.1) is 45.9 Å². The van der Waals surface area contributed by atoms with Crippen LogP contribution in [0.5, 0.6) is 11.5 Å². The van der Waals surface area contributed by atoms with Crippen molar-refractivity contribution in [2.24, 2.45) is 9.98 Å². The van der Waals surface area contributed by atoms with Crippen molar-refractivity contribution in [2.45, 2.75) is 108 Å². The number of aromatic amines is 2. The molecule has 2 unspecified atom stereocenters. The summed E-state index contributed by atoms with van der Waals surface area (Å²) in [5.41, 5.74) is 7.56. The van der Waals surface area contributed by atoms with Crippen LogP contribution in [0.1, 0.15) is 94.0 Å². The van der Waals surface area contributed by atoms with E-state index < -0.39 is 11.9 Å². The molecule has 0 radical (unpaired) electrons. The number of aromatic nitrogens is 2. The third-order valence-corrected chi connectivity index (χ3v) is 13.8. The lowest BCUT2D eigenvalue weighted by Gasteiger charge is -2.16. The van der Waals surface area contributed by atoms with E-state index in [0.29, 0.717) is 24.9 Å². The first-order valence-corrected chi connectivity index (χ1v) is 22.6. The molecule has 2 atom stereocenters. The van der Waals surface area contributed by atoms with Gasteiger partial charge in [0.25, 0.3) is 0 Å². The highest BCUT2D eigenvalue weighted by atomic mass is 32.2. The maximum absolute atomic E-state index is 12.7. The summed E-state index contributed by atoms with van der Waals surface area (Å²) in [5, 5.41) is 11.7. The van der Waals surface area contributed by atoms with Gasteiger partial charge in [-0.15, -0.1) is 23.5 Å². The lowest BCUT2D eigenvalue weighted by molar-refractivity contribution is -0.159. The number of thioether (sulfide) groups is 2. The summed E-state index contributed by atoms with van der Waals surface area (Å²) < 4.78 is 11.5. The number of ether oxygens (including phenoxy) is 2. The third kappa shape index (κ3) is 9.07. The van der Waals surface area contributed by atoms with E-state index in [1.807, 2.05) is 30.3 Å². The van der Waals surface area contributed by atoms with Gasteiger partial charge in [0.1, 0.15) is 21.6 Å². The molecule has 0 bridgehead atoms. The van der Waals surface area contributed by atoms with Crippen LogP contribution in [0.3, 0.4) is 0 Å². The van der Waals surface area contributed by atoms with E-state index in [1.165, 1.54) is 49.5 Å². The number of carbonyl (C=O) groups excluding carboxylic acids is 2. The van der Waals surface area contributed by atoms with E-state index in [2.05, 4.69) is 63.9 Å². The Labute approximate surface area is 341 Å². The van der Waals surface area contributed by atoms with Gasteiger partial charge in [0.2, 0.25) is 0 Å². The molecular weight excluding hydrogens is 753 g/mol. The number of anilines is 2. The van der Waals surface area contributed by atoms with Crippen molar-refractivity contribution in [1.29, 1.82) is 0 Å². The quantitative estimate of drug-likeness (QED) is 0.0644. The highest BCUT2D eigenvalue weighted by molar-refractivity contribution is 8.15. The summed E-state index contributed by atoms with van der Waals surface area (Å²) in [6, 6.07) is 23.7. The standard InChI is InChI=1S/C45H50N6O4S2/c1-27-19-28-22-38(50-42(28)36(20-27)46-30-9-5-6-10-30)44-48-32(25-56-44)15-17-40(52)55-41(53)18-16-33-26-57-45(49-33)39-23-29-21-35(54-34-13-3-2-4-14-34)24-37(43(29)51-39)47-31-11-7-8-12-31/h2-4,13-14,19-24,30-33,46-47,50-51H,5-12,15-18,25-26H2,1H3. The molecule has 2 aromatic heterocycles. The number of nitrogens with zero attached hydrogens (tertiary/aromatic N) is 2. The van der Waals surface area contributed by atoms with Crippen LogP contribution < -0.4 is 15.4 Å². The van der Waals surface area contributed by atoms with Crippen molar-refractivity contribution in [1.82, 2.24) is 9.97 Å². The van der Waals surface area contributed by atoms with Gasteiger partial charge in [0.15, 0.2) is 0 Å². The zero-order valence-electron chi connectivity index (χ0n) is 32.4. The van der Waals surface area contributed by atoms with E-state index in [9.17, 15) is 9.59 Å². The predicted molar refractivity (Wildman–Crippen MR) is 235 cm³/mol. The highest BCUT2D eigenvalue weighted by Gasteiger charge is 2.26. The fraction of sp³-hybridized carbons (Fsp3) is 0.422. The fourth-order valence-corrected chi connectivity index (χ4v) is 10.7. The van der Waals surface area contributed by atoms with Crippen LogP contribution in [-0.2, 0) is 14.3 Å². The van der Waals surface area contributed by atoms with Crippen molar-refractivity contribution in [3.63, 3.8) is 0 Å². The molecule has 2 aliphatic carbocycles. The van der Waals surface area contributed by atoms with Crippen LogP contribution in [-0.4, -0.2) is 67.7 Å². The normalized spacial score (nSPS) is 20.0. The molecule has 10 nitrogen and oxygen atoms in total. The molecule has 0 saturated heterocycles. The number of para-hydroxylation sites is 1. The van der Waals surface area contributed by atoms with E-state index in [-0.39, 0.29) is 24.9 Å². The minimum absolute atomic E-state index is 0.00217. The van der Waals surface area contributed by atoms with Gasteiger partial charge in [0, 0.05) is 53.3 Å². The first-order chi connectivity index (χ1) is 27.9. The second-order valence-electron chi connectivity index (χ2n) is 16.0. The second-order valence-corrected chi connectivity index (χ2v) is 18.0. The molecule has 4 aliphatic rings. The monoisotopic (exact) mass is 802 g/mol. The number of carbonyl (C=O) groups is 2. The summed E-state index contributed by atoms with van der Waals surface area (Å²) in [4.78, 5) is 42.6. The average Bonchev–Trinajstić information content (AvgIpc) is 4.05. The SMILES string of the molecule is Cc1cc(NC2CCCC2)c2[nH]c(C3=NC(CCC(=O)OC(=O)CCC4CSC(c5cc6cc(Oc7ccccc7)cc(NC7CCCC7)c6[nH]5)=N4)CS3)cc2c1. The van der Waals surface area contributed by atoms with Crippen molar-refractivity contribution in [3.8, 4) is 11.5 Å². The number of fused-ring (bicyclic) bond motifs is 2. The van der Waals surface area contributed by atoms with Crippen molar-refractivity contribution >= 4 is 78.7 Å². The molecule has 296 valence electrons. The Hall–Kier alpha value is -4.68. The molecule has 2 aliphatic heterocycles. The Bertz CT molecular complexity index is 2320. The van der Waals surface area contributed by atoms with E-state index in [1.54, 1.807) is 23.5 Å². The molecule has 5 aromatic rings. The van der Waals surface area contributed by atoms with Gasteiger partial charge in [-0.25, -0.2) is 0 Å². The van der Waals surface area contributed by atoms with Crippen LogP contribution in [0, 0.1) is 6.92 Å². The second kappa shape index (κ2) is 17.0. The number of H-pyrrole nitrogens is 2. The van der Waals surface area contributed by atoms with Crippen LogP contribution >= 0.6 is 23.5 Å².